The largest absolute Gasteiger partial charge is 0.458 e. The lowest BCUT2D eigenvalue weighted by molar-refractivity contribution is -0.150. The SMILES string of the molecule is Cc1nn(CC(=O)OC2CCOC2)c(C)c1N. The summed E-state index contributed by atoms with van der Waals surface area (Å²) in [6.07, 6.45) is 0.655. The molecule has 0 amide bonds. The molecule has 17 heavy (non-hydrogen) atoms. The first kappa shape index (κ1) is 11.9. The van der Waals surface area contributed by atoms with Crippen molar-refractivity contribution in [3.05, 3.63) is 11.4 Å². The Hall–Kier alpha value is -1.56. The first-order chi connectivity index (χ1) is 8.08. The zero-order valence-electron chi connectivity index (χ0n) is 10.1. The van der Waals surface area contributed by atoms with E-state index in [9.17, 15) is 4.79 Å². The van der Waals surface area contributed by atoms with Gasteiger partial charge in [-0.3, -0.25) is 9.48 Å². The Kier molecular flexibility index (Phi) is 3.33. The Bertz CT molecular complexity index is 422. The zero-order chi connectivity index (χ0) is 12.4. The van der Waals surface area contributed by atoms with E-state index in [2.05, 4.69) is 5.10 Å². The molecule has 1 fully saturated rings. The first-order valence-electron chi connectivity index (χ1n) is 5.64. The lowest BCUT2D eigenvalue weighted by Crippen LogP contribution is -2.22. The van der Waals surface area contributed by atoms with Crippen molar-refractivity contribution in [1.82, 2.24) is 9.78 Å². The highest BCUT2D eigenvalue weighted by Gasteiger charge is 2.21. The molecule has 94 valence electrons. The zero-order valence-corrected chi connectivity index (χ0v) is 10.1. The van der Waals surface area contributed by atoms with Crippen molar-refractivity contribution in [2.75, 3.05) is 18.9 Å². The minimum atomic E-state index is -0.300. The average molecular weight is 239 g/mol. The predicted molar refractivity (Wildman–Crippen MR) is 61.4 cm³/mol. The summed E-state index contributed by atoms with van der Waals surface area (Å²) in [5.74, 6) is -0.300. The Labute approximate surface area is 99.7 Å². The van der Waals surface area contributed by atoms with E-state index in [0.29, 0.717) is 18.9 Å². The fraction of sp³-hybridized carbons (Fsp3) is 0.636. The van der Waals surface area contributed by atoms with Crippen LogP contribution in [0.4, 0.5) is 5.69 Å². The molecule has 1 aliphatic rings. The molecule has 1 saturated heterocycles. The number of esters is 1. The van der Waals surface area contributed by atoms with E-state index in [-0.39, 0.29) is 18.6 Å². The molecule has 0 aliphatic carbocycles. The van der Waals surface area contributed by atoms with Gasteiger partial charge in [0.05, 0.1) is 30.3 Å². The number of aryl methyl sites for hydroxylation is 1. The molecular formula is C11H17N3O3. The summed E-state index contributed by atoms with van der Waals surface area (Å²) < 4.78 is 12.0. The van der Waals surface area contributed by atoms with Gasteiger partial charge in [-0.15, -0.1) is 0 Å². The third-order valence-corrected chi connectivity index (χ3v) is 2.90. The van der Waals surface area contributed by atoms with Crippen molar-refractivity contribution < 1.29 is 14.3 Å². The van der Waals surface area contributed by atoms with Gasteiger partial charge in [0, 0.05) is 6.42 Å². The van der Waals surface area contributed by atoms with Gasteiger partial charge >= 0.3 is 5.97 Å². The van der Waals surface area contributed by atoms with Crippen LogP contribution in [-0.2, 0) is 20.8 Å². The maximum Gasteiger partial charge on any atom is 0.328 e. The van der Waals surface area contributed by atoms with Gasteiger partial charge in [-0.2, -0.15) is 5.10 Å². The topological polar surface area (TPSA) is 79.4 Å². The number of nitrogen functional groups attached to an aromatic ring is 1. The Morgan fingerprint density at radius 1 is 1.65 bits per heavy atom. The monoisotopic (exact) mass is 239 g/mol. The number of anilines is 1. The predicted octanol–water partition coefficient (Wildman–Crippen LogP) is 0.414. The molecule has 1 atom stereocenters. The number of ether oxygens (including phenoxy) is 2. The molecule has 0 saturated carbocycles. The molecule has 1 unspecified atom stereocenters. The summed E-state index contributed by atoms with van der Waals surface area (Å²) in [5, 5.41) is 4.18. The molecule has 1 aliphatic heterocycles. The number of hydrogen-bond donors (Lipinski definition) is 1. The maximum absolute atomic E-state index is 11.7. The number of nitrogens with zero attached hydrogens (tertiary/aromatic N) is 2. The summed E-state index contributed by atoms with van der Waals surface area (Å²) in [5.41, 5.74) is 7.94. The van der Waals surface area contributed by atoms with Crippen molar-refractivity contribution in [1.29, 1.82) is 0 Å². The van der Waals surface area contributed by atoms with Crippen LogP contribution in [0.1, 0.15) is 17.8 Å². The van der Waals surface area contributed by atoms with E-state index in [1.54, 1.807) is 4.68 Å². The molecule has 2 heterocycles. The summed E-state index contributed by atoms with van der Waals surface area (Å²) in [7, 11) is 0. The van der Waals surface area contributed by atoms with E-state index >= 15 is 0 Å². The number of carbonyl (C=O) groups is 1. The van der Waals surface area contributed by atoms with E-state index in [4.69, 9.17) is 15.2 Å². The number of aromatic nitrogens is 2. The molecule has 0 aromatic carbocycles. The first-order valence-corrected chi connectivity index (χ1v) is 5.64. The number of carbonyl (C=O) groups excluding carboxylic acids is 1. The van der Waals surface area contributed by atoms with Crippen molar-refractivity contribution >= 4 is 11.7 Å². The fourth-order valence-corrected chi connectivity index (χ4v) is 1.82. The third kappa shape index (κ3) is 2.58. The van der Waals surface area contributed by atoms with E-state index in [0.717, 1.165) is 17.8 Å². The van der Waals surface area contributed by atoms with Gasteiger partial charge < -0.3 is 15.2 Å². The highest BCUT2D eigenvalue weighted by molar-refractivity contribution is 5.69. The van der Waals surface area contributed by atoms with Crippen LogP contribution in [0.2, 0.25) is 0 Å². The van der Waals surface area contributed by atoms with E-state index in [1.807, 2.05) is 13.8 Å². The second kappa shape index (κ2) is 4.75. The molecule has 6 nitrogen and oxygen atoms in total. The summed E-state index contributed by atoms with van der Waals surface area (Å²) in [6.45, 7) is 4.90. The van der Waals surface area contributed by atoms with Gasteiger partial charge in [-0.25, -0.2) is 0 Å². The van der Waals surface area contributed by atoms with Crippen molar-refractivity contribution in [2.24, 2.45) is 0 Å². The molecule has 2 N–H and O–H groups in total. The molecule has 2 rings (SSSR count). The molecule has 1 aromatic rings. The molecule has 6 heteroatoms. The van der Waals surface area contributed by atoms with Crippen LogP contribution in [-0.4, -0.2) is 35.1 Å². The standard InChI is InChI=1S/C11H17N3O3/c1-7-11(12)8(2)14(13-7)5-10(15)17-9-3-4-16-6-9/h9H,3-6,12H2,1-2H3. The molecule has 0 spiro atoms. The van der Waals surface area contributed by atoms with Crippen molar-refractivity contribution in [3.63, 3.8) is 0 Å². The average Bonchev–Trinajstić information content (AvgIpc) is 2.85. The van der Waals surface area contributed by atoms with Gasteiger partial charge in [0.15, 0.2) is 0 Å². The van der Waals surface area contributed by atoms with Gasteiger partial charge in [0.25, 0.3) is 0 Å². The van der Waals surface area contributed by atoms with Gasteiger partial charge in [0.1, 0.15) is 12.6 Å². The molecular weight excluding hydrogens is 222 g/mol. The Morgan fingerprint density at radius 3 is 2.94 bits per heavy atom. The summed E-state index contributed by atoms with van der Waals surface area (Å²) in [6, 6.07) is 0. The van der Waals surface area contributed by atoms with Gasteiger partial charge in [-0.05, 0) is 13.8 Å². The van der Waals surface area contributed by atoms with Crippen LogP contribution in [0, 0.1) is 13.8 Å². The minimum Gasteiger partial charge on any atom is -0.458 e. The molecule has 0 radical (unpaired) electrons. The van der Waals surface area contributed by atoms with E-state index in [1.165, 1.54) is 0 Å². The second-order valence-electron chi connectivity index (χ2n) is 4.22. The van der Waals surface area contributed by atoms with Crippen LogP contribution in [0.15, 0.2) is 0 Å². The second-order valence-corrected chi connectivity index (χ2v) is 4.22. The van der Waals surface area contributed by atoms with Gasteiger partial charge in [-0.1, -0.05) is 0 Å². The van der Waals surface area contributed by atoms with Crippen LogP contribution in [0.5, 0.6) is 0 Å². The maximum atomic E-state index is 11.7. The number of nitrogens with two attached hydrogens (primary N) is 1. The van der Waals surface area contributed by atoms with Crippen molar-refractivity contribution in [3.8, 4) is 0 Å². The highest BCUT2D eigenvalue weighted by Crippen LogP contribution is 2.15. The summed E-state index contributed by atoms with van der Waals surface area (Å²) in [4.78, 5) is 11.7. The van der Waals surface area contributed by atoms with Crippen LogP contribution >= 0.6 is 0 Å². The Morgan fingerprint density at radius 2 is 2.41 bits per heavy atom. The van der Waals surface area contributed by atoms with Crippen LogP contribution in [0.3, 0.4) is 0 Å². The lowest BCUT2D eigenvalue weighted by atomic mass is 10.3. The van der Waals surface area contributed by atoms with E-state index < -0.39 is 0 Å². The number of hydrogen-bond acceptors (Lipinski definition) is 5. The van der Waals surface area contributed by atoms with Crippen LogP contribution in [0.25, 0.3) is 0 Å². The fourth-order valence-electron chi connectivity index (χ4n) is 1.82. The molecule has 1 aromatic heterocycles. The highest BCUT2D eigenvalue weighted by atomic mass is 16.6. The lowest BCUT2D eigenvalue weighted by Gasteiger charge is -2.10. The smallest absolute Gasteiger partial charge is 0.328 e. The van der Waals surface area contributed by atoms with Crippen LogP contribution < -0.4 is 5.73 Å². The number of rotatable bonds is 3. The minimum absolute atomic E-state index is 0.0976. The van der Waals surface area contributed by atoms with Crippen molar-refractivity contribution in [2.45, 2.75) is 32.9 Å². The molecule has 0 bridgehead atoms. The quantitative estimate of drug-likeness (QED) is 0.773. The third-order valence-electron chi connectivity index (χ3n) is 2.90. The van der Waals surface area contributed by atoms with Gasteiger partial charge in [0.2, 0.25) is 0 Å². The normalized spacial score (nSPS) is 19.5. The summed E-state index contributed by atoms with van der Waals surface area (Å²) >= 11 is 0. The Balaban J connectivity index is 1.95.